The molecule has 1 unspecified atom stereocenters. The first-order chi connectivity index (χ1) is 4.70. The maximum atomic E-state index is 10.7. The quantitative estimate of drug-likeness (QED) is 0.588. The van der Waals surface area contributed by atoms with Crippen molar-refractivity contribution in [3.8, 4) is 0 Å². The summed E-state index contributed by atoms with van der Waals surface area (Å²) in [5.41, 5.74) is 0. The summed E-state index contributed by atoms with van der Waals surface area (Å²) < 4.78 is 0. The van der Waals surface area contributed by atoms with Gasteiger partial charge in [0.1, 0.15) is 0 Å². The van der Waals surface area contributed by atoms with Crippen LogP contribution in [0.1, 0.15) is 20.3 Å². The van der Waals surface area contributed by atoms with Crippen molar-refractivity contribution in [1.29, 1.82) is 0 Å². The number of carbonyl (C=O) groups excluding carboxylic acids is 1. The Bertz CT molecular complexity index is 104. The maximum Gasteiger partial charge on any atom is 0.221 e. The van der Waals surface area contributed by atoms with Gasteiger partial charge in [-0.2, -0.15) is 0 Å². The van der Waals surface area contributed by atoms with E-state index in [9.17, 15) is 4.79 Å². The van der Waals surface area contributed by atoms with E-state index < -0.39 is 0 Å². The summed E-state index contributed by atoms with van der Waals surface area (Å²) in [6.07, 6.45) is 0.560. The number of rotatable bonds is 4. The molecule has 3 nitrogen and oxygen atoms in total. The number of amides is 1. The van der Waals surface area contributed by atoms with E-state index in [-0.39, 0.29) is 11.9 Å². The van der Waals surface area contributed by atoms with Crippen LogP contribution >= 0.6 is 0 Å². The van der Waals surface area contributed by atoms with E-state index >= 15 is 0 Å². The second-order valence-corrected chi connectivity index (χ2v) is 2.34. The zero-order chi connectivity index (χ0) is 7.98. The Labute approximate surface area is 62.2 Å². The van der Waals surface area contributed by atoms with E-state index in [1.165, 1.54) is 0 Å². The molecule has 0 aliphatic rings. The summed E-state index contributed by atoms with van der Waals surface area (Å²) >= 11 is 0. The molecule has 10 heavy (non-hydrogen) atoms. The zero-order valence-corrected chi connectivity index (χ0v) is 6.90. The fraction of sp³-hybridized carbons (Fsp3) is 0.857. The molecule has 1 atom stereocenters. The summed E-state index contributed by atoms with van der Waals surface area (Å²) in [6, 6.07) is 0.282. The third-order valence-electron chi connectivity index (χ3n) is 1.32. The van der Waals surface area contributed by atoms with Crippen LogP contribution in [0, 0.1) is 0 Å². The molecule has 60 valence electrons. The number of hydrogen-bond donors (Lipinski definition) is 2. The maximum absolute atomic E-state index is 10.7. The Morgan fingerprint density at radius 1 is 1.60 bits per heavy atom. The molecule has 1 amide bonds. The molecule has 2 N–H and O–H groups in total. The van der Waals surface area contributed by atoms with Crippen LogP contribution in [-0.4, -0.2) is 25.5 Å². The molecule has 0 saturated carbocycles. The van der Waals surface area contributed by atoms with E-state index in [1.54, 1.807) is 7.05 Å². The lowest BCUT2D eigenvalue weighted by Gasteiger charge is -2.09. The number of nitrogens with one attached hydrogen (secondary N) is 2. The van der Waals surface area contributed by atoms with Crippen molar-refractivity contribution in [1.82, 2.24) is 10.6 Å². The van der Waals surface area contributed by atoms with Crippen molar-refractivity contribution >= 4 is 5.91 Å². The highest BCUT2D eigenvalue weighted by molar-refractivity contribution is 5.76. The lowest BCUT2D eigenvalue weighted by molar-refractivity contribution is -0.121. The Kier molecular flexibility index (Phi) is 4.94. The Morgan fingerprint density at radius 2 is 2.20 bits per heavy atom. The molecule has 0 aliphatic heterocycles. The molecule has 0 fully saturated rings. The van der Waals surface area contributed by atoms with Gasteiger partial charge in [0.05, 0.1) is 0 Å². The molecular formula is C7H16N2O. The number of hydrogen-bond acceptors (Lipinski definition) is 2. The van der Waals surface area contributed by atoms with Crippen LogP contribution in [0.5, 0.6) is 0 Å². The summed E-state index contributed by atoms with van der Waals surface area (Å²) in [6.45, 7) is 4.94. The van der Waals surface area contributed by atoms with Gasteiger partial charge >= 0.3 is 0 Å². The third kappa shape index (κ3) is 4.32. The molecule has 0 radical (unpaired) electrons. The van der Waals surface area contributed by atoms with Gasteiger partial charge in [-0.3, -0.25) is 4.79 Å². The van der Waals surface area contributed by atoms with Gasteiger partial charge in [-0.05, 0) is 13.5 Å². The Morgan fingerprint density at radius 3 is 2.60 bits per heavy atom. The van der Waals surface area contributed by atoms with Gasteiger partial charge in [-0.25, -0.2) is 0 Å². The molecule has 0 saturated heterocycles. The summed E-state index contributed by atoms with van der Waals surface area (Å²) in [5.74, 6) is 0.0912. The van der Waals surface area contributed by atoms with Crippen LogP contribution < -0.4 is 10.6 Å². The van der Waals surface area contributed by atoms with Crippen LogP contribution in [0.3, 0.4) is 0 Å². The van der Waals surface area contributed by atoms with Crippen LogP contribution in [0.25, 0.3) is 0 Å². The normalized spacial score (nSPS) is 12.7. The average Bonchev–Trinajstić information content (AvgIpc) is 1.88. The smallest absolute Gasteiger partial charge is 0.221 e. The fourth-order valence-electron chi connectivity index (χ4n) is 0.801. The third-order valence-corrected chi connectivity index (χ3v) is 1.32. The zero-order valence-electron chi connectivity index (χ0n) is 6.90. The summed E-state index contributed by atoms with van der Waals surface area (Å²) in [4.78, 5) is 10.7. The highest BCUT2D eigenvalue weighted by Gasteiger charge is 2.04. The van der Waals surface area contributed by atoms with Gasteiger partial charge < -0.3 is 10.6 Å². The average molecular weight is 144 g/mol. The van der Waals surface area contributed by atoms with Crippen molar-refractivity contribution in [2.75, 3.05) is 13.6 Å². The van der Waals surface area contributed by atoms with Gasteiger partial charge in [0.25, 0.3) is 0 Å². The first-order valence-electron chi connectivity index (χ1n) is 3.64. The lowest BCUT2D eigenvalue weighted by Crippen LogP contribution is -2.32. The van der Waals surface area contributed by atoms with E-state index in [0.29, 0.717) is 6.42 Å². The minimum absolute atomic E-state index is 0.0912. The molecule has 0 rings (SSSR count). The standard InChI is InChI=1S/C7H16N2O/c1-4-9-6(2)5-7(10)8-3/h6,9H,4-5H2,1-3H3,(H,8,10). The van der Waals surface area contributed by atoms with Crippen molar-refractivity contribution in [3.05, 3.63) is 0 Å². The summed E-state index contributed by atoms with van der Waals surface area (Å²) in [7, 11) is 1.65. The van der Waals surface area contributed by atoms with Crippen LogP contribution in [-0.2, 0) is 4.79 Å². The topological polar surface area (TPSA) is 41.1 Å². The van der Waals surface area contributed by atoms with Crippen molar-refractivity contribution in [2.24, 2.45) is 0 Å². The molecule has 3 heteroatoms. The van der Waals surface area contributed by atoms with Crippen LogP contribution in [0.2, 0.25) is 0 Å². The van der Waals surface area contributed by atoms with Crippen molar-refractivity contribution in [2.45, 2.75) is 26.3 Å². The van der Waals surface area contributed by atoms with E-state index in [0.717, 1.165) is 6.54 Å². The molecular weight excluding hydrogens is 128 g/mol. The first-order valence-corrected chi connectivity index (χ1v) is 3.64. The SMILES string of the molecule is CCNC(C)CC(=O)NC. The van der Waals surface area contributed by atoms with Gasteiger partial charge in [0, 0.05) is 19.5 Å². The molecule has 0 aliphatic carbocycles. The van der Waals surface area contributed by atoms with E-state index in [4.69, 9.17) is 0 Å². The lowest BCUT2D eigenvalue weighted by atomic mass is 10.2. The first kappa shape index (κ1) is 9.43. The second-order valence-electron chi connectivity index (χ2n) is 2.34. The predicted molar refractivity (Wildman–Crippen MR) is 41.8 cm³/mol. The van der Waals surface area contributed by atoms with Gasteiger partial charge in [-0.15, -0.1) is 0 Å². The van der Waals surface area contributed by atoms with Crippen molar-refractivity contribution in [3.63, 3.8) is 0 Å². The van der Waals surface area contributed by atoms with Crippen LogP contribution in [0.15, 0.2) is 0 Å². The molecule has 0 bridgehead atoms. The predicted octanol–water partition coefficient (Wildman–Crippen LogP) is 0.120. The minimum Gasteiger partial charge on any atom is -0.359 e. The monoisotopic (exact) mass is 144 g/mol. The van der Waals surface area contributed by atoms with Gasteiger partial charge in [-0.1, -0.05) is 6.92 Å². The van der Waals surface area contributed by atoms with E-state index in [1.807, 2.05) is 13.8 Å². The summed E-state index contributed by atoms with van der Waals surface area (Å²) in [5, 5.41) is 5.73. The largest absolute Gasteiger partial charge is 0.359 e. The highest BCUT2D eigenvalue weighted by atomic mass is 16.1. The highest BCUT2D eigenvalue weighted by Crippen LogP contribution is 1.88. The molecule has 0 aromatic rings. The van der Waals surface area contributed by atoms with E-state index in [2.05, 4.69) is 10.6 Å². The fourth-order valence-corrected chi connectivity index (χ4v) is 0.801. The second kappa shape index (κ2) is 5.23. The number of carbonyl (C=O) groups is 1. The Balaban J connectivity index is 3.37. The molecule has 0 spiro atoms. The molecule has 0 heterocycles. The minimum atomic E-state index is 0.0912. The van der Waals surface area contributed by atoms with Gasteiger partial charge in [0.15, 0.2) is 0 Å². The molecule has 0 aromatic heterocycles. The van der Waals surface area contributed by atoms with Gasteiger partial charge in [0.2, 0.25) is 5.91 Å². The molecule has 0 aromatic carbocycles. The van der Waals surface area contributed by atoms with Crippen LogP contribution in [0.4, 0.5) is 0 Å². The Hall–Kier alpha value is -0.570. The van der Waals surface area contributed by atoms with Crippen molar-refractivity contribution < 1.29 is 4.79 Å².